The molecule has 3 nitrogen and oxygen atoms in total. The van der Waals surface area contributed by atoms with Gasteiger partial charge in [0.05, 0.1) is 0 Å². The van der Waals surface area contributed by atoms with Gasteiger partial charge in [0.15, 0.2) is 5.96 Å². The van der Waals surface area contributed by atoms with Crippen LogP contribution in [0.3, 0.4) is 0 Å². The third kappa shape index (κ3) is 4.26. The van der Waals surface area contributed by atoms with E-state index in [2.05, 4.69) is 73.5 Å². The summed E-state index contributed by atoms with van der Waals surface area (Å²) in [5, 5.41) is 5.71. The topological polar surface area (TPSA) is 50.4 Å². The summed E-state index contributed by atoms with van der Waals surface area (Å²) in [7, 11) is 0. The molecule has 3 heteroatoms. The van der Waals surface area contributed by atoms with Crippen molar-refractivity contribution < 1.29 is 0 Å². The minimum absolute atomic E-state index is 0.0451. The second-order valence-electron chi connectivity index (χ2n) is 6.07. The summed E-state index contributed by atoms with van der Waals surface area (Å²) >= 11 is 0. The number of aliphatic imine (C=N–C) groups is 1. The van der Waals surface area contributed by atoms with E-state index in [1.807, 2.05) is 0 Å². The van der Waals surface area contributed by atoms with Crippen molar-refractivity contribution in [1.29, 1.82) is 0 Å². The van der Waals surface area contributed by atoms with Gasteiger partial charge in [0.2, 0.25) is 0 Å². The van der Waals surface area contributed by atoms with Gasteiger partial charge < -0.3 is 11.1 Å². The van der Waals surface area contributed by atoms with Gasteiger partial charge >= 0.3 is 0 Å². The van der Waals surface area contributed by atoms with Gasteiger partial charge in [-0.15, -0.1) is 0 Å². The molecular weight excluding hydrogens is 246 g/mol. The number of nitrogens with zero attached hydrogens (tertiary/aromatic N) is 1. The molecule has 0 aliphatic carbocycles. The molecule has 106 valence electrons. The lowest BCUT2D eigenvalue weighted by atomic mass is 10.1. The minimum Gasteiger partial charge on any atom is -0.370 e. The molecule has 2 aromatic carbocycles. The number of nitrogens with two attached hydrogens (primary N) is 1. The van der Waals surface area contributed by atoms with Crippen LogP contribution in [0.4, 0.5) is 0 Å². The van der Waals surface area contributed by atoms with Crippen LogP contribution in [0.25, 0.3) is 10.8 Å². The van der Waals surface area contributed by atoms with Crippen molar-refractivity contribution in [2.24, 2.45) is 10.7 Å². The van der Waals surface area contributed by atoms with Crippen LogP contribution in [0.15, 0.2) is 47.5 Å². The van der Waals surface area contributed by atoms with E-state index in [-0.39, 0.29) is 5.54 Å². The Morgan fingerprint density at radius 1 is 1.10 bits per heavy atom. The lowest BCUT2D eigenvalue weighted by molar-refractivity contribution is 0.508. The third-order valence-corrected chi connectivity index (χ3v) is 3.00. The van der Waals surface area contributed by atoms with Gasteiger partial charge in [-0.25, -0.2) is 0 Å². The second-order valence-corrected chi connectivity index (χ2v) is 6.07. The number of guanidine groups is 1. The van der Waals surface area contributed by atoms with Gasteiger partial charge in [-0.2, -0.15) is 0 Å². The average Bonchev–Trinajstić information content (AvgIpc) is 2.36. The zero-order chi connectivity index (χ0) is 14.6. The molecule has 0 saturated carbocycles. The average molecular weight is 269 g/mol. The number of benzene rings is 2. The van der Waals surface area contributed by atoms with Crippen molar-refractivity contribution >= 4 is 16.7 Å². The Hall–Kier alpha value is -2.03. The smallest absolute Gasteiger partial charge is 0.188 e. The van der Waals surface area contributed by atoms with Crippen molar-refractivity contribution in [3.8, 4) is 0 Å². The Kier molecular flexibility index (Phi) is 4.28. The molecule has 0 aliphatic rings. The normalized spacial score (nSPS) is 12.7. The molecule has 0 aliphatic heterocycles. The molecule has 0 aromatic heterocycles. The number of nitrogens with one attached hydrogen (secondary N) is 1. The summed E-state index contributed by atoms with van der Waals surface area (Å²) in [6.07, 6.45) is 0.900. The van der Waals surface area contributed by atoms with Crippen LogP contribution >= 0.6 is 0 Å². The summed E-state index contributed by atoms with van der Waals surface area (Å²) in [4.78, 5) is 4.37. The molecule has 2 rings (SSSR count). The number of hydrogen-bond donors (Lipinski definition) is 2. The quantitative estimate of drug-likeness (QED) is 0.664. The summed E-state index contributed by atoms with van der Waals surface area (Å²) in [5.41, 5.74) is 7.10. The first-order valence-electron chi connectivity index (χ1n) is 7.00. The predicted molar refractivity (Wildman–Crippen MR) is 87.0 cm³/mol. The highest BCUT2D eigenvalue weighted by atomic mass is 15.1. The molecule has 2 aromatic rings. The predicted octanol–water partition coefficient (Wildman–Crippen LogP) is 3.09. The molecule has 0 unspecified atom stereocenters. The molecule has 0 bridgehead atoms. The maximum atomic E-state index is 5.85. The van der Waals surface area contributed by atoms with E-state index in [4.69, 9.17) is 5.73 Å². The molecule has 0 heterocycles. The van der Waals surface area contributed by atoms with E-state index in [0.29, 0.717) is 12.5 Å². The van der Waals surface area contributed by atoms with Crippen molar-refractivity contribution in [2.75, 3.05) is 6.54 Å². The van der Waals surface area contributed by atoms with Crippen LogP contribution in [0, 0.1) is 0 Å². The van der Waals surface area contributed by atoms with Gasteiger partial charge in [0.1, 0.15) is 0 Å². The minimum atomic E-state index is -0.0451. The zero-order valence-corrected chi connectivity index (χ0v) is 12.5. The number of hydrogen-bond acceptors (Lipinski definition) is 1. The summed E-state index contributed by atoms with van der Waals surface area (Å²) < 4.78 is 0. The molecule has 0 radical (unpaired) electrons. The Morgan fingerprint density at radius 3 is 2.50 bits per heavy atom. The molecular formula is C17H23N3. The van der Waals surface area contributed by atoms with E-state index < -0.39 is 0 Å². The van der Waals surface area contributed by atoms with Crippen molar-refractivity contribution in [2.45, 2.75) is 32.7 Å². The van der Waals surface area contributed by atoms with E-state index in [0.717, 1.165) is 6.42 Å². The van der Waals surface area contributed by atoms with Crippen molar-refractivity contribution in [1.82, 2.24) is 5.32 Å². The second kappa shape index (κ2) is 5.95. The van der Waals surface area contributed by atoms with Crippen molar-refractivity contribution in [3.63, 3.8) is 0 Å². The van der Waals surface area contributed by atoms with Gasteiger partial charge in [-0.05, 0) is 43.5 Å². The van der Waals surface area contributed by atoms with Crippen LogP contribution in [0.2, 0.25) is 0 Å². The van der Waals surface area contributed by atoms with Crippen LogP contribution < -0.4 is 11.1 Å². The summed E-state index contributed by atoms with van der Waals surface area (Å²) in [5.74, 6) is 0.512. The van der Waals surface area contributed by atoms with Gasteiger partial charge in [0.25, 0.3) is 0 Å². The molecule has 0 amide bonds. The van der Waals surface area contributed by atoms with Gasteiger partial charge in [-0.1, -0.05) is 42.5 Å². The Bertz CT molecular complexity index is 609. The van der Waals surface area contributed by atoms with E-state index in [1.54, 1.807) is 0 Å². The van der Waals surface area contributed by atoms with Crippen LogP contribution in [0.5, 0.6) is 0 Å². The third-order valence-electron chi connectivity index (χ3n) is 3.00. The standard InChI is InChI=1S/C17H23N3/c1-17(2,3)20-16(18)19-11-10-13-8-9-14-6-4-5-7-15(14)12-13/h4-9,12H,10-11H2,1-3H3,(H3,18,19,20). The van der Waals surface area contributed by atoms with E-state index in [1.165, 1.54) is 16.3 Å². The van der Waals surface area contributed by atoms with E-state index in [9.17, 15) is 0 Å². The Morgan fingerprint density at radius 2 is 1.80 bits per heavy atom. The van der Waals surface area contributed by atoms with Crippen molar-refractivity contribution in [3.05, 3.63) is 48.0 Å². The highest BCUT2D eigenvalue weighted by molar-refractivity contribution is 5.83. The Balaban J connectivity index is 1.97. The SMILES string of the molecule is CC(C)(C)NC(N)=NCCc1ccc2ccccc2c1. The fourth-order valence-electron chi connectivity index (χ4n) is 2.12. The number of rotatable bonds is 3. The van der Waals surface area contributed by atoms with Crippen LogP contribution in [-0.4, -0.2) is 18.0 Å². The first-order valence-corrected chi connectivity index (χ1v) is 7.00. The van der Waals surface area contributed by atoms with Crippen LogP contribution in [-0.2, 0) is 6.42 Å². The highest BCUT2D eigenvalue weighted by Crippen LogP contribution is 2.15. The molecule has 0 spiro atoms. The molecule has 0 saturated heterocycles. The molecule has 0 fully saturated rings. The first kappa shape index (κ1) is 14.4. The van der Waals surface area contributed by atoms with Crippen LogP contribution in [0.1, 0.15) is 26.3 Å². The fourth-order valence-corrected chi connectivity index (χ4v) is 2.12. The molecule has 3 N–H and O–H groups in total. The zero-order valence-electron chi connectivity index (χ0n) is 12.5. The summed E-state index contributed by atoms with van der Waals surface area (Å²) in [6, 6.07) is 14.9. The largest absolute Gasteiger partial charge is 0.370 e. The lowest BCUT2D eigenvalue weighted by Crippen LogP contribution is -2.45. The lowest BCUT2D eigenvalue weighted by Gasteiger charge is -2.20. The maximum absolute atomic E-state index is 5.85. The highest BCUT2D eigenvalue weighted by Gasteiger charge is 2.09. The maximum Gasteiger partial charge on any atom is 0.188 e. The van der Waals surface area contributed by atoms with Gasteiger partial charge in [0, 0.05) is 12.1 Å². The number of fused-ring (bicyclic) bond motifs is 1. The van der Waals surface area contributed by atoms with Gasteiger partial charge in [-0.3, -0.25) is 4.99 Å². The van der Waals surface area contributed by atoms with E-state index >= 15 is 0 Å². The molecule has 0 atom stereocenters. The fraction of sp³-hybridized carbons (Fsp3) is 0.353. The monoisotopic (exact) mass is 269 g/mol. The summed E-state index contributed by atoms with van der Waals surface area (Å²) in [6.45, 7) is 6.91. The Labute approximate surface area is 120 Å². The molecule has 20 heavy (non-hydrogen) atoms. The first-order chi connectivity index (χ1) is 9.44.